The molecule has 0 aliphatic carbocycles. The third kappa shape index (κ3) is 3.19. The van der Waals surface area contributed by atoms with E-state index in [0.717, 1.165) is 17.3 Å². The van der Waals surface area contributed by atoms with Crippen LogP contribution in [0.1, 0.15) is 5.56 Å². The number of hydrogen-bond acceptors (Lipinski definition) is 7. The highest BCUT2D eigenvalue weighted by molar-refractivity contribution is 7.99. The highest BCUT2D eigenvalue weighted by atomic mass is 32.2. The number of aromatic amines is 1. The molecule has 0 aliphatic heterocycles. The molecule has 11 heteroatoms. The summed E-state index contributed by atoms with van der Waals surface area (Å²) in [5, 5.41) is 12.1. The molecular weight excluding hydrogens is 368 g/mol. The summed E-state index contributed by atoms with van der Waals surface area (Å²) >= 11 is 1.12. The average Bonchev–Trinajstić information content (AvgIpc) is 3.20. The minimum Gasteiger partial charge on any atom is -0.368 e. The van der Waals surface area contributed by atoms with Crippen LogP contribution in [0.15, 0.2) is 53.0 Å². The summed E-state index contributed by atoms with van der Waals surface area (Å²) < 4.78 is 3.49. The molecule has 3 aromatic heterocycles. The van der Waals surface area contributed by atoms with Crippen molar-refractivity contribution in [3.8, 4) is 0 Å². The zero-order valence-electron chi connectivity index (χ0n) is 14.2. The molecule has 0 aliphatic rings. The van der Waals surface area contributed by atoms with Gasteiger partial charge in [-0.15, -0.1) is 0 Å². The van der Waals surface area contributed by atoms with Gasteiger partial charge >= 0.3 is 5.82 Å². The molecule has 27 heavy (non-hydrogen) atoms. The summed E-state index contributed by atoms with van der Waals surface area (Å²) in [5.41, 5.74) is 8.10. The van der Waals surface area contributed by atoms with Crippen molar-refractivity contribution in [3.05, 3.63) is 58.7 Å². The minimum atomic E-state index is -0.474. The standard InChI is InChI=1S/C16H14N8O2S/c1-22-8-19-13(24(25)26)15(22)27-14-11-12(20-16(17)21-14)23(9-18-11)7-10-5-3-2-4-6-10/h2-6,8-9H,7H2,1H3,(H2,17,20,21)/p+1. The summed E-state index contributed by atoms with van der Waals surface area (Å²) in [6, 6.07) is 9.90. The number of anilines is 1. The number of nitrogen functional groups attached to an aromatic ring is 1. The molecule has 0 unspecified atom stereocenters. The fraction of sp³-hybridized carbons (Fsp3) is 0.125. The maximum atomic E-state index is 11.2. The van der Waals surface area contributed by atoms with Crippen molar-refractivity contribution in [3.63, 3.8) is 0 Å². The largest absolute Gasteiger partial charge is 0.378 e. The number of aromatic nitrogens is 6. The second-order valence-corrected chi connectivity index (χ2v) is 6.79. The summed E-state index contributed by atoms with van der Waals surface area (Å²) in [5.74, 6) is -0.0304. The topological polar surface area (TPSA) is 132 Å². The van der Waals surface area contributed by atoms with Crippen LogP contribution in [0.3, 0.4) is 0 Å². The fourth-order valence-electron chi connectivity index (χ4n) is 2.69. The monoisotopic (exact) mass is 383 g/mol. The molecule has 4 rings (SSSR count). The van der Waals surface area contributed by atoms with Gasteiger partial charge in [-0.1, -0.05) is 30.3 Å². The Labute approximate surface area is 157 Å². The van der Waals surface area contributed by atoms with Gasteiger partial charge < -0.3 is 20.4 Å². The Morgan fingerprint density at radius 3 is 2.85 bits per heavy atom. The predicted octanol–water partition coefficient (Wildman–Crippen LogP) is 1.67. The molecule has 0 saturated heterocycles. The molecule has 3 N–H and O–H groups in total. The van der Waals surface area contributed by atoms with Gasteiger partial charge in [0, 0.05) is 0 Å². The Kier molecular flexibility index (Phi) is 4.20. The van der Waals surface area contributed by atoms with Gasteiger partial charge in [-0.05, 0) is 22.2 Å². The Bertz CT molecular complexity index is 1140. The number of aryl methyl sites for hydroxylation is 1. The van der Waals surface area contributed by atoms with Crippen LogP contribution in [-0.4, -0.2) is 29.4 Å². The first-order valence-corrected chi connectivity index (χ1v) is 8.76. The number of hydrogen-bond donors (Lipinski definition) is 2. The van der Waals surface area contributed by atoms with Gasteiger partial charge in [-0.25, -0.2) is 19.5 Å². The minimum absolute atomic E-state index is 0.0839. The van der Waals surface area contributed by atoms with Gasteiger partial charge in [0.1, 0.15) is 10.5 Å². The average molecular weight is 383 g/mol. The van der Waals surface area contributed by atoms with E-state index in [1.165, 1.54) is 6.33 Å². The highest BCUT2D eigenvalue weighted by Crippen LogP contribution is 2.33. The van der Waals surface area contributed by atoms with Gasteiger partial charge in [0.15, 0.2) is 5.65 Å². The number of nitrogens with one attached hydrogen (secondary N) is 1. The number of nitrogens with zero attached hydrogens (tertiary/aromatic N) is 6. The first-order valence-electron chi connectivity index (χ1n) is 7.94. The van der Waals surface area contributed by atoms with Crippen molar-refractivity contribution in [2.24, 2.45) is 7.05 Å². The third-order valence-corrected chi connectivity index (χ3v) is 5.09. The number of fused-ring (bicyclic) bond motifs is 1. The zero-order valence-corrected chi connectivity index (χ0v) is 15.1. The third-order valence-electron chi connectivity index (χ3n) is 3.94. The molecular formula is C16H15N8O2S+. The maximum absolute atomic E-state index is 11.2. The molecule has 0 radical (unpaired) electrons. The van der Waals surface area contributed by atoms with Crippen LogP contribution in [-0.2, 0) is 13.6 Å². The summed E-state index contributed by atoms with van der Waals surface area (Å²) in [7, 11) is 1.71. The van der Waals surface area contributed by atoms with E-state index >= 15 is 0 Å². The van der Waals surface area contributed by atoms with E-state index in [9.17, 15) is 10.1 Å². The highest BCUT2D eigenvalue weighted by Gasteiger charge is 2.25. The molecule has 136 valence electrons. The molecule has 4 aromatic rings. The molecule has 0 bridgehead atoms. The van der Waals surface area contributed by atoms with Crippen LogP contribution in [0.2, 0.25) is 0 Å². The maximum Gasteiger partial charge on any atom is 0.378 e. The lowest BCUT2D eigenvalue weighted by atomic mass is 10.2. The summed E-state index contributed by atoms with van der Waals surface area (Å²) in [6.07, 6.45) is 3.18. The zero-order chi connectivity index (χ0) is 19.0. The Balaban J connectivity index is 1.77. The van der Waals surface area contributed by atoms with Crippen molar-refractivity contribution < 1.29 is 9.49 Å². The predicted molar refractivity (Wildman–Crippen MR) is 98.0 cm³/mol. The van der Waals surface area contributed by atoms with E-state index in [1.54, 1.807) is 17.9 Å². The number of nitro groups is 1. The van der Waals surface area contributed by atoms with Crippen molar-refractivity contribution in [1.82, 2.24) is 24.5 Å². The van der Waals surface area contributed by atoms with E-state index < -0.39 is 4.92 Å². The molecule has 0 saturated carbocycles. The van der Waals surface area contributed by atoms with Crippen molar-refractivity contribution in [2.45, 2.75) is 16.6 Å². The van der Waals surface area contributed by atoms with E-state index in [1.807, 2.05) is 34.9 Å². The molecule has 3 heterocycles. The molecule has 0 fully saturated rings. The van der Waals surface area contributed by atoms with Crippen molar-refractivity contribution in [1.29, 1.82) is 0 Å². The molecule has 0 spiro atoms. The van der Waals surface area contributed by atoms with Crippen molar-refractivity contribution in [2.75, 3.05) is 5.73 Å². The normalized spacial score (nSPS) is 11.1. The van der Waals surface area contributed by atoms with Gasteiger partial charge in [0.25, 0.3) is 5.03 Å². The van der Waals surface area contributed by atoms with E-state index in [2.05, 4.69) is 19.9 Å². The van der Waals surface area contributed by atoms with Crippen molar-refractivity contribution >= 4 is 34.7 Å². The Morgan fingerprint density at radius 1 is 1.33 bits per heavy atom. The second kappa shape index (κ2) is 6.68. The van der Waals surface area contributed by atoms with Crippen LogP contribution in [0.4, 0.5) is 11.8 Å². The molecule has 10 nitrogen and oxygen atoms in total. The number of nitrogens with two attached hydrogens (primary N) is 1. The van der Waals surface area contributed by atoms with E-state index in [0.29, 0.717) is 27.8 Å². The lowest BCUT2D eigenvalue weighted by Crippen LogP contribution is -2.27. The van der Waals surface area contributed by atoms with E-state index in [4.69, 9.17) is 5.73 Å². The lowest BCUT2D eigenvalue weighted by molar-refractivity contribution is -0.708. The first kappa shape index (κ1) is 17.0. The Morgan fingerprint density at radius 2 is 2.11 bits per heavy atom. The second-order valence-electron chi connectivity index (χ2n) is 5.81. The number of rotatable bonds is 5. The number of benzene rings is 1. The van der Waals surface area contributed by atoms with Gasteiger partial charge in [0.05, 0.1) is 19.9 Å². The van der Waals surface area contributed by atoms with Gasteiger partial charge in [-0.2, -0.15) is 4.98 Å². The smallest absolute Gasteiger partial charge is 0.368 e. The van der Waals surface area contributed by atoms with Gasteiger partial charge in [-0.3, -0.25) is 0 Å². The summed E-state index contributed by atoms with van der Waals surface area (Å²) in [6.45, 7) is 0.579. The number of H-pyrrole nitrogens is 1. The quantitative estimate of drug-likeness (QED) is 0.232. The molecule has 0 amide bonds. The summed E-state index contributed by atoms with van der Waals surface area (Å²) in [4.78, 5) is 26.4. The van der Waals surface area contributed by atoms with Crippen LogP contribution in [0.5, 0.6) is 0 Å². The Hall–Kier alpha value is -3.47. The first-order chi connectivity index (χ1) is 13.0. The molecule has 1 aromatic carbocycles. The van der Waals surface area contributed by atoms with Crippen LogP contribution < -0.4 is 10.3 Å². The van der Waals surface area contributed by atoms with Gasteiger partial charge in [0.2, 0.25) is 12.3 Å². The van der Waals surface area contributed by atoms with E-state index in [-0.39, 0.29) is 11.8 Å². The van der Waals surface area contributed by atoms with Crippen LogP contribution in [0.25, 0.3) is 11.2 Å². The van der Waals surface area contributed by atoms with Crippen LogP contribution in [0, 0.1) is 10.1 Å². The molecule has 0 atom stereocenters. The fourth-order valence-corrected chi connectivity index (χ4v) is 3.68. The number of imidazole rings is 2. The van der Waals surface area contributed by atoms with Crippen LogP contribution >= 0.6 is 11.8 Å². The SMILES string of the molecule is C[n+]1c[nH]c([N+](=O)[O-])c1Sc1nc(N)nc2c1ncn2Cc1ccccc1. The lowest BCUT2D eigenvalue weighted by Gasteiger charge is -2.05.